The lowest BCUT2D eigenvalue weighted by Crippen LogP contribution is -2.63. The highest BCUT2D eigenvalue weighted by atomic mass is 16.7. The highest BCUT2D eigenvalue weighted by Gasteiger charge is 2.48. The molecule has 0 aliphatic carbocycles. The standard InChI is InChI=1S/C21H23NO6/c1-13-16(22)17(27-19(23)14-9-5-3-6-10-14)18(21(25-2)26-13)28-20(24)15-11-7-4-8-12-15/h3-13,16-18,21H,22H2,1-2H3/t13-,16-,17+,18-,21+/m1/s1. The average molecular weight is 385 g/mol. The Bertz CT molecular complexity index is 744. The quantitative estimate of drug-likeness (QED) is 0.788. The van der Waals surface area contributed by atoms with Crippen LogP contribution in [0.1, 0.15) is 27.6 Å². The number of ether oxygens (including phenoxy) is 4. The topological polar surface area (TPSA) is 97.1 Å². The van der Waals surface area contributed by atoms with Gasteiger partial charge in [0.2, 0.25) is 0 Å². The zero-order chi connectivity index (χ0) is 20.1. The largest absolute Gasteiger partial charge is 0.453 e. The molecule has 0 unspecified atom stereocenters. The van der Waals surface area contributed by atoms with Crippen molar-refractivity contribution in [2.75, 3.05) is 7.11 Å². The first-order valence-electron chi connectivity index (χ1n) is 8.97. The van der Waals surface area contributed by atoms with E-state index in [1.54, 1.807) is 67.6 Å². The van der Waals surface area contributed by atoms with Crippen molar-refractivity contribution in [3.05, 3.63) is 71.8 Å². The molecule has 1 heterocycles. The molecule has 2 N–H and O–H groups in total. The summed E-state index contributed by atoms with van der Waals surface area (Å²) in [5.74, 6) is -1.15. The lowest BCUT2D eigenvalue weighted by molar-refractivity contribution is -0.259. The van der Waals surface area contributed by atoms with E-state index in [0.717, 1.165) is 0 Å². The molecule has 1 aliphatic heterocycles. The smallest absolute Gasteiger partial charge is 0.338 e. The number of carbonyl (C=O) groups is 2. The van der Waals surface area contributed by atoms with Gasteiger partial charge in [0.25, 0.3) is 0 Å². The van der Waals surface area contributed by atoms with E-state index >= 15 is 0 Å². The molecule has 148 valence electrons. The van der Waals surface area contributed by atoms with Gasteiger partial charge in [0, 0.05) is 7.11 Å². The number of hydrogen-bond donors (Lipinski definition) is 1. The third kappa shape index (κ3) is 4.39. The number of rotatable bonds is 5. The van der Waals surface area contributed by atoms with Gasteiger partial charge in [0.15, 0.2) is 18.5 Å². The molecule has 0 bridgehead atoms. The van der Waals surface area contributed by atoms with Crippen LogP contribution < -0.4 is 5.73 Å². The summed E-state index contributed by atoms with van der Waals surface area (Å²) in [5.41, 5.74) is 6.95. The molecule has 0 radical (unpaired) electrons. The van der Waals surface area contributed by atoms with Crippen molar-refractivity contribution in [2.45, 2.75) is 37.6 Å². The fraction of sp³-hybridized carbons (Fsp3) is 0.333. The first kappa shape index (κ1) is 20.0. The van der Waals surface area contributed by atoms with E-state index < -0.39 is 42.6 Å². The summed E-state index contributed by atoms with van der Waals surface area (Å²) in [6.45, 7) is 1.75. The number of esters is 2. The number of carbonyl (C=O) groups excluding carboxylic acids is 2. The normalized spacial score (nSPS) is 27.0. The van der Waals surface area contributed by atoms with E-state index in [2.05, 4.69) is 0 Å². The van der Waals surface area contributed by atoms with Crippen molar-refractivity contribution in [3.63, 3.8) is 0 Å². The predicted octanol–water partition coefficient (Wildman–Crippen LogP) is 2.16. The van der Waals surface area contributed by atoms with Gasteiger partial charge in [-0.3, -0.25) is 0 Å². The monoisotopic (exact) mass is 385 g/mol. The first-order valence-corrected chi connectivity index (χ1v) is 8.97. The molecular formula is C21H23NO6. The maximum absolute atomic E-state index is 12.6. The summed E-state index contributed by atoms with van der Waals surface area (Å²) in [6, 6.07) is 16.3. The van der Waals surface area contributed by atoms with E-state index in [1.807, 2.05) is 0 Å². The van der Waals surface area contributed by atoms with Gasteiger partial charge in [-0.1, -0.05) is 36.4 Å². The van der Waals surface area contributed by atoms with Gasteiger partial charge in [0.1, 0.15) is 0 Å². The Balaban J connectivity index is 1.83. The SMILES string of the molecule is CO[C@H]1O[C@H](C)[C@@H](N)[C@H](OC(=O)c2ccccc2)[C@H]1OC(=O)c1ccccc1. The molecule has 1 fully saturated rings. The molecule has 1 saturated heterocycles. The highest BCUT2D eigenvalue weighted by Crippen LogP contribution is 2.27. The summed E-state index contributed by atoms with van der Waals surface area (Å²) in [6.07, 6.45) is -3.34. The Labute approximate surface area is 163 Å². The van der Waals surface area contributed by atoms with Crippen molar-refractivity contribution in [1.29, 1.82) is 0 Å². The number of hydrogen-bond acceptors (Lipinski definition) is 7. The molecule has 7 nitrogen and oxygen atoms in total. The minimum absolute atomic E-state index is 0.359. The van der Waals surface area contributed by atoms with Gasteiger partial charge in [-0.2, -0.15) is 0 Å². The van der Waals surface area contributed by atoms with Gasteiger partial charge in [-0.15, -0.1) is 0 Å². The van der Waals surface area contributed by atoms with Crippen LogP contribution in [0.5, 0.6) is 0 Å². The van der Waals surface area contributed by atoms with Crippen molar-refractivity contribution in [3.8, 4) is 0 Å². The fourth-order valence-corrected chi connectivity index (χ4v) is 3.01. The van der Waals surface area contributed by atoms with E-state index in [1.165, 1.54) is 7.11 Å². The van der Waals surface area contributed by atoms with Crippen LogP contribution in [0.25, 0.3) is 0 Å². The van der Waals surface area contributed by atoms with Gasteiger partial charge in [-0.05, 0) is 31.2 Å². The van der Waals surface area contributed by atoms with Crippen molar-refractivity contribution in [2.24, 2.45) is 5.73 Å². The van der Waals surface area contributed by atoms with E-state index in [0.29, 0.717) is 11.1 Å². The molecule has 2 aromatic rings. The predicted molar refractivity (Wildman–Crippen MR) is 101 cm³/mol. The van der Waals surface area contributed by atoms with Crippen LogP contribution in [-0.4, -0.2) is 49.7 Å². The van der Waals surface area contributed by atoms with Crippen LogP contribution in [-0.2, 0) is 18.9 Å². The maximum Gasteiger partial charge on any atom is 0.338 e. The molecule has 0 saturated carbocycles. The molecular weight excluding hydrogens is 362 g/mol. The number of nitrogens with two attached hydrogens (primary N) is 1. The molecule has 3 rings (SSSR count). The van der Waals surface area contributed by atoms with Gasteiger partial charge in [0.05, 0.1) is 23.3 Å². The number of methoxy groups -OCH3 is 1. The minimum atomic E-state index is -1.02. The maximum atomic E-state index is 12.6. The van der Waals surface area contributed by atoms with E-state index in [-0.39, 0.29) is 0 Å². The number of benzene rings is 2. The van der Waals surface area contributed by atoms with Crippen LogP contribution >= 0.6 is 0 Å². The second-order valence-corrected chi connectivity index (χ2v) is 6.49. The Kier molecular flexibility index (Phi) is 6.41. The van der Waals surface area contributed by atoms with Crippen molar-refractivity contribution >= 4 is 11.9 Å². The summed E-state index contributed by atoms with van der Waals surface area (Å²) < 4.78 is 22.3. The van der Waals surface area contributed by atoms with E-state index in [4.69, 9.17) is 24.7 Å². The summed E-state index contributed by atoms with van der Waals surface area (Å²) in [7, 11) is 1.42. The highest BCUT2D eigenvalue weighted by molar-refractivity contribution is 5.90. The zero-order valence-electron chi connectivity index (χ0n) is 15.7. The molecule has 1 aliphatic rings. The molecule has 0 aromatic heterocycles. The minimum Gasteiger partial charge on any atom is -0.453 e. The first-order chi connectivity index (χ1) is 13.5. The van der Waals surface area contributed by atoms with Gasteiger partial charge < -0.3 is 24.7 Å². The Morgan fingerprint density at radius 2 is 1.32 bits per heavy atom. The lowest BCUT2D eigenvalue weighted by atomic mass is 9.97. The van der Waals surface area contributed by atoms with Gasteiger partial charge in [-0.25, -0.2) is 9.59 Å². The Morgan fingerprint density at radius 3 is 1.79 bits per heavy atom. The second kappa shape index (κ2) is 8.97. The molecule has 7 heteroatoms. The van der Waals surface area contributed by atoms with Gasteiger partial charge >= 0.3 is 11.9 Å². The molecule has 2 aromatic carbocycles. The molecule has 28 heavy (non-hydrogen) atoms. The van der Waals surface area contributed by atoms with Crippen molar-refractivity contribution < 1.29 is 28.5 Å². The van der Waals surface area contributed by atoms with Crippen LogP contribution in [0.2, 0.25) is 0 Å². The molecule has 0 spiro atoms. The third-order valence-electron chi connectivity index (χ3n) is 4.60. The van der Waals surface area contributed by atoms with Crippen molar-refractivity contribution in [1.82, 2.24) is 0 Å². The summed E-state index contributed by atoms with van der Waals surface area (Å²) in [4.78, 5) is 25.1. The average Bonchev–Trinajstić information content (AvgIpc) is 2.74. The van der Waals surface area contributed by atoms with Crippen LogP contribution in [0, 0.1) is 0 Å². The Morgan fingerprint density at radius 1 is 0.857 bits per heavy atom. The molecule has 5 atom stereocenters. The fourth-order valence-electron chi connectivity index (χ4n) is 3.01. The van der Waals surface area contributed by atoms with Crippen LogP contribution in [0.15, 0.2) is 60.7 Å². The van der Waals surface area contributed by atoms with Crippen LogP contribution in [0.3, 0.4) is 0 Å². The Hall–Kier alpha value is -2.74. The summed E-state index contributed by atoms with van der Waals surface area (Å²) in [5, 5.41) is 0. The zero-order valence-corrected chi connectivity index (χ0v) is 15.7. The summed E-state index contributed by atoms with van der Waals surface area (Å²) >= 11 is 0. The van der Waals surface area contributed by atoms with Crippen LogP contribution in [0.4, 0.5) is 0 Å². The van der Waals surface area contributed by atoms with E-state index in [9.17, 15) is 9.59 Å². The third-order valence-corrected chi connectivity index (χ3v) is 4.60. The second-order valence-electron chi connectivity index (χ2n) is 6.49. The lowest BCUT2D eigenvalue weighted by Gasteiger charge is -2.42. The molecule has 0 amide bonds.